The van der Waals surface area contributed by atoms with Crippen LogP contribution in [0.2, 0.25) is 0 Å². The Hall–Kier alpha value is -1.54. The summed E-state index contributed by atoms with van der Waals surface area (Å²) < 4.78 is 2.31. The lowest BCUT2D eigenvalue weighted by molar-refractivity contribution is 0.867. The third-order valence-electron chi connectivity index (χ3n) is 3.84. The van der Waals surface area contributed by atoms with E-state index >= 15 is 0 Å². The van der Waals surface area contributed by atoms with Gasteiger partial charge in [-0.05, 0) is 41.0 Å². The Morgan fingerprint density at radius 1 is 0.950 bits per heavy atom. The van der Waals surface area contributed by atoms with Gasteiger partial charge < -0.3 is 4.57 Å². The zero-order valence-corrected chi connectivity index (χ0v) is 13.4. The van der Waals surface area contributed by atoms with Gasteiger partial charge in [0.15, 0.2) is 0 Å². The van der Waals surface area contributed by atoms with Crippen LogP contribution < -0.4 is 0 Å². The van der Waals surface area contributed by atoms with Crippen molar-refractivity contribution in [1.82, 2.24) is 4.57 Å². The molecule has 0 fully saturated rings. The number of rotatable bonds is 3. The molecule has 0 aliphatic carbocycles. The van der Waals surface area contributed by atoms with E-state index in [2.05, 4.69) is 74.2 Å². The van der Waals surface area contributed by atoms with Crippen LogP contribution in [0.5, 0.6) is 0 Å². The molecular formula is C18H21NS. The van der Waals surface area contributed by atoms with Gasteiger partial charge in [-0.15, -0.1) is 11.3 Å². The summed E-state index contributed by atoms with van der Waals surface area (Å²) in [5.74, 6) is 1.17. The molecule has 0 N–H and O–H groups in total. The maximum atomic E-state index is 2.33. The maximum Gasteiger partial charge on any atom is 0.0565 e. The molecule has 0 aliphatic rings. The van der Waals surface area contributed by atoms with Crippen molar-refractivity contribution in [3.05, 3.63) is 52.3 Å². The Bertz CT molecular complexity index is 731. The molecule has 1 nitrogen and oxygen atoms in total. The smallest absolute Gasteiger partial charge is 0.0565 e. The highest BCUT2D eigenvalue weighted by Crippen LogP contribution is 2.29. The molecule has 0 saturated heterocycles. The fourth-order valence-electron chi connectivity index (χ4n) is 2.50. The monoisotopic (exact) mass is 283 g/mol. The predicted molar refractivity (Wildman–Crippen MR) is 89.3 cm³/mol. The van der Waals surface area contributed by atoms with Crippen LogP contribution in [-0.4, -0.2) is 4.57 Å². The number of hydrogen-bond donors (Lipinski definition) is 0. The van der Waals surface area contributed by atoms with Gasteiger partial charge in [-0.1, -0.05) is 39.8 Å². The minimum atomic E-state index is 0.566. The Morgan fingerprint density at radius 2 is 1.75 bits per heavy atom. The Kier molecular flexibility index (Phi) is 3.43. The number of fused-ring (bicyclic) bond motifs is 1. The average Bonchev–Trinajstić information content (AvgIpc) is 3.03. The molecule has 0 spiro atoms. The first-order valence-electron chi connectivity index (χ1n) is 7.26. The number of aromatic nitrogens is 1. The summed E-state index contributed by atoms with van der Waals surface area (Å²) in [7, 11) is 0. The normalized spacial score (nSPS) is 11.9. The highest BCUT2D eigenvalue weighted by atomic mass is 32.1. The van der Waals surface area contributed by atoms with Gasteiger partial charge in [0.25, 0.3) is 0 Å². The number of hydrogen-bond acceptors (Lipinski definition) is 1. The average molecular weight is 283 g/mol. The van der Waals surface area contributed by atoms with Gasteiger partial charge in [0, 0.05) is 16.5 Å². The van der Waals surface area contributed by atoms with Crippen molar-refractivity contribution in [2.24, 2.45) is 0 Å². The van der Waals surface area contributed by atoms with Crippen molar-refractivity contribution >= 4 is 22.2 Å². The van der Waals surface area contributed by atoms with Crippen molar-refractivity contribution in [1.29, 1.82) is 0 Å². The van der Waals surface area contributed by atoms with Crippen LogP contribution in [0.15, 0.2) is 41.9 Å². The van der Waals surface area contributed by atoms with Gasteiger partial charge in [-0.3, -0.25) is 0 Å². The topological polar surface area (TPSA) is 4.93 Å². The molecule has 2 aromatic heterocycles. The molecule has 0 unspecified atom stereocenters. The molecule has 0 atom stereocenters. The molecule has 3 rings (SSSR count). The van der Waals surface area contributed by atoms with Crippen molar-refractivity contribution in [3.8, 4) is 5.69 Å². The van der Waals surface area contributed by atoms with E-state index < -0.39 is 0 Å². The van der Waals surface area contributed by atoms with Crippen molar-refractivity contribution in [2.45, 2.75) is 39.5 Å². The van der Waals surface area contributed by atoms with E-state index in [1.165, 1.54) is 27.0 Å². The SMILES string of the molecule is CC(C)c1ccc2ccn(-c3csc(C(C)C)c3)c2c1. The zero-order chi connectivity index (χ0) is 14.3. The van der Waals surface area contributed by atoms with Crippen LogP contribution >= 0.6 is 11.3 Å². The summed E-state index contributed by atoms with van der Waals surface area (Å²) in [5, 5.41) is 3.57. The molecule has 0 bridgehead atoms. The summed E-state index contributed by atoms with van der Waals surface area (Å²) in [4.78, 5) is 1.45. The summed E-state index contributed by atoms with van der Waals surface area (Å²) in [5.41, 5.74) is 4.00. The summed E-state index contributed by atoms with van der Waals surface area (Å²) in [6.07, 6.45) is 2.18. The summed E-state index contributed by atoms with van der Waals surface area (Å²) >= 11 is 1.85. The molecule has 2 heterocycles. The molecule has 104 valence electrons. The summed E-state index contributed by atoms with van der Waals surface area (Å²) in [6.45, 7) is 8.99. The van der Waals surface area contributed by atoms with Gasteiger partial charge in [-0.25, -0.2) is 0 Å². The van der Waals surface area contributed by atoms with E-state index in [4.69, 9.17) is 0 Å². The first kappa shape index (κ1) is 13.4. The van der Waals surface area contributed by atoms with Crippen LogP contribution in [0.25, 0.3) is 16.6 Å². The third-order valence-corrected chi connectivity index (χ3v) is 5.06. The Labute approximate surface area is 124 Å². The minimum Gasteiger partial charge on any atom is -0.316 e. The number of nitrogens with zero attached hydrogens (tertiary/aromatic N) is 1. The molecule has 3 aromatic rings. The standard InChI is InChI=1S/C18H21NS/c1-12(2)15-6-5-14-7-8-19(17(14)9-15)16-10-18(13(3)4)20-11-16/h5-13H,1-4H3. The van der Waals surface area contributed by atoms with Crippen molar-refractivity contribution in [2.75, 3.05) is 0 Å². The molecule has 2 heteroatoms. The van der Waals surface area contributed by atoms with E-state index in [1.807, 2.05) is 11.3 Å². The van der Waals surface area contributed by atoms with Gasteiger partial charge in [0.2, 0.25) is 0 Å². The highest BCUT2D eigenvalue weighted by molar-refractivity contribution is 7.10. The lowest BCUT2D eigenvalue weighted by Gasteiger charge is -2.08. The minimum absolute atomic E-state index is 0.566. The Balaban J connectivity index is 2.12. The number of thiophene rings is 1. The van der Waals surface area contributed by atoms with Crippen LogP contribution in [0.4, 0.5) is 0 Å². The molecular weight excluding hydrogens is 262 g/mol. The van der Waals surface area contributed by atoms with Crippen LogP contribution in [0.3, 0.4) is 0 Å². The first-order valence-corrected chi connectivity index (χ1v) is 8.14. The second kappa shape index (κ2) is 5.10. The molecule has 1 aromatic carbocycles. The lowest BCUT2D eigenvalue weighted by Crippen LogP contribution is -1.92. The maximum absolute atomic E-state index is 2.33. The van der Waals surface area contributed by atoms with E-state index in [0.717, 1.165) is 0 Å². The number of benzene rings is 1. The zero-order valence-electron chi connectivity index (χ0n) is 12.6. The third kappa shape index (κ3) is 2.29. The fraction of sp³-hybridized carbons (Fsp3) is 0.333. The van der Waals surface area contributed by atoms with E-state index in [9.17, 15) is 0 Å². The summed E-state index contributed by atoms with van der Waals surface area (Å²) in [6, 6.07) is 11.3. The van der Waals surface area contributed by atoms with Gasteiger partial charge in [0.05, 0.1) is 11.2 Å². The van der Waals surface area contributed by atoms with Gasteiger partial charge in [-0.2, -0.15) is 0 Å². The van der Waals surface area contributed by atoms with Gasteiger partial charge in [0.1, 0.15) is 0 Å². The molecule has 0 radical (unpaired) electrons. The van der Waals surface area contributed by atoms with Crippen molar-refractivity contribution < 1.29 is 0 Å². The quantitative estimate of drug-likeness (QED) is 0.560. The molecule has 0 saturated carbocycles. The van der Waals surface area contributed by atoms with E-state index in [-0.39, 0.29) is 0 Å². The second-order valence-corrected chi connectivity index (χ2v) is 6.96. The lowest BCUT2D eigenvalue weighted by atomic mass is 10.0. The van der Waals surface area contributed by atoms with E-state index in [1.54, 1.807) is 0 Å². The second-order valence-electron chi connectivity index (χ2n) is 6.02. The molecule has 0 aliphatic heterocycles. The predicted octanol–water partition coefficient (Wildman–Crippen LogP) is 5.94. The van der Waals surface area contributed by atoms with Crippen LogP contribution in [0, 0.1) is 0 Å². The highest BCUT2D eigenvalue weighted by Gasteiger charge is 2.09. The molecule has 20 heavy (non-hydrogen) atoms. The van der Waals surface area contributed by atoms with E-state index in [0.29, 0.717) is 11.8 Å². The van der Waals surface area contributed by atoms with Crippen molar-refractivity contribution in [3.63, 3.8) is 0 Å². The Morgan fingerprint density at radius 3 is 2.40 bits per heavy atom. The van der Waals surface area contributed by atoms with Crippen LogP contribution in [-0.2, 0) is 0 Å². The first-order chi connectivity index (χ1) is 9.56. The van der Waals surface area contributed by atoms with Gasteiger partial charge >= 0.3 is 0 Å². The van der Waals surface area contributed by atoms with Crippen LogP contribution in [0.1, 0.15) is 50.0 Å². The fourth-order valence-corrected chi connectivity index (χ4v) is 3.40. The molecule has 0 amide bonds. The largest absolute Gasteiger partial charge is 0.316 e.